The summed E-state index contributed by atoms with van der Waals surface area (Å²) in [6.07, 6.45) is 4.32. The van der Waals surface area contributed by atoms with E-state index in [9.17, 15) is 0 Å². The molecule has 0 fully saturated rings. The molecule has 1 heterocycles. The Morgan fingerprint density at radius 1 is 1.05 bits per heavy atom. The normalized spacial score (nSPS) is 10.6. The molecule has 0 saturated carbocycles. The van der Waals surface area contributed by atoms with Gasteiger partial charge in [0.05, 0.1) is 37.9 Å². The maximum atomic E-state index is 5.49. The third-order valence-electron chi connectivity index (χ3n) is 2.32. The molecule has 0 bridgehead atoms. The second kappa shape index (κ2) is 10.7. The number of hydrogen-bond acceptors (Lipinski definition) is 6. The molecule has 19 heavy (non-hydrogen) atoms. The minimum Gasteiger partial charge on any atom is -0.382 e. The molecule has 0 aliphatic carbocycles. The van der Waals surface area contributed by atoms with Crippen molar-refractivity contribution in [3.8, 4) is 0 Å². The van der Waals surface area contributed by atoms with Crippen molar-refractivity contribution in [1.82, 2.24) is 9.97 Å². The summed E-state index contributed by atoms with van der Waals surface area (Å²) in [7, 11) is 1.66. The molecule has 0 radical (unpaired) electrons. The van der Waals surface area contributed by atoms with Crippen molar-refractivity contribution in [1.29, 1.82) is 0 Å². The van der Waals surface area contributed by atoms with Crippen molar-refractivity contribution in [2.24, 2.45) is 0 Å². The third-order valence-corrected chi connectivity index (χ3v) is 2.32. The van der Waals surface area contributed by atoms with Crippen LogP contribution in [-0.4, -0.2) is 50.1 Å². The van der Waals surface area contributed by atoms with Gasteiger partial charge in [0.25, 0.3) is 0 Å². The Labute approximate surface area is 114 Å². The van der Waals surface area contributed by atoms with Crippen LogP contribution in [0.15, 0.2) is 12.4 Å². The predicted molar refractivity (Wildman–Crippen MR) is 73.2 cm³/mol. The molecule has 1 rings (SSSR count). The molecule has 1 aromatic rings. The predicted octanol–water partition coefficient (Wildman–Crippen LogP) is 1.48. The molecule has 0 saturated heterocycles. The monoisotopic (exact) mass is 269 g/mol. The van der Waals surface area contributed by atoms with E-state index in [-0.39, 0.29) is 0 Å². The van der Waals surface area contributed by atoms with E-state index in [4.69, 9.17) is 14.2 Å². The Morgan fingerprint density at radius 3 is 2.58 bits per heavy atom. The van der Waals surface area contributed by atoms with Gasteiger partial charge in [-0.1, -0.05) is 0 Å². The molecule has 0 aliphatic rings. The van der Waals surface area contributed by atoms with Gasteiger partial charge >= 0.3 is 0 Å². The summed E-state index contributed by atoms with van der Waals surface area (Å²) >= 11 is 0. The van der Waals surface area contributed by atoms with Gasteiger partial charge in [-0.3, -0.25) is 4.98 Å². The molecule has 0 atom stereocenters. The minimum absolute atomic E-state index is 0.484. The first-order valence-corrected chi connectivity index (χ1v) is 6.56. The van der Waals surface area contributed by atoms with Gasteiger partial charge in [0.15, 0.2) is 0 Å². The van der Waals surface area contributed by atoms with Crippen LogP contribution >= 0.6 is 0 Å². The number of hydrogen-bond donors (Lipinski definition) is 1. The van der Waals surface area contributed by atoms with E-state index in [1.165, 1.54) is 0 Å². The lowest BCUT2D eigenvalue weighted by Crippen LogP contribution is -2.06. The van der Waals surface area contributed by atoms with Crippen LogP contribution in [0.1, 0.15) is 19.0 Å². The smallest absolute Gasteiger partial charge is 0.144 e. The van der Waals surface area contributed by atoms with Crippen LogP contribution < -0.4 is 5.32 Å². The Kier molecular flexibility index (Phi) is 8.87. The van der Waals surface area contributed by atoms with E-state index >= 15 is 0 Å². The molecule has 0 aromatic carbocycles. The molecule has 0 unspecified atom stereocenters. The molecule has 108 valence electrons. The SMILES string of the molecule is CCNc1cnc(COCCCOCCOC)cn1. The number of nitrogens with zero attached hydrogens (tertiary/aromatic N) is 2. The number of methoxy groups -OCH3 is 1. The van der Waals surface area contributed by atoms with Gasteiger partial charge in [0.2, 0.25) is 0 Å². The molecule has 1 aromatic heterocycles. The van der Waals surface area contributed by atoms with E-state index in [0.29, 0.717) is 33.0 Å². The van der Waals surface area contributed by atoms with Crippen LogP contribution in [0.25, 0.3) is 0 Å². The highest BCUT2D eigenvalue weighted by molar-refractivity contribution is 5.30. The van der Waals surface area contributed by atoms with Gasteiger partial charge in [-0.05, 0) is 13.3 Å². The maximum absolute atomic E-state index is 5.49. The van der Waals surface area contributed by atoms with E-state index in [1.54, 1.807) is 19.5 Å². The Balaban J connectivity index is 2.02. The highest BCUT2D eigenvalue weighted by atomic mass is 16.5. The number of rotatable bonds is 11. The summed E-state index contributed by atoms with van der Waals surface area (Å²) in [5.41, 5.74) is 0.835. The summed E-state index contributed by atoms with van der Waals surface area (Å²) in [6, 6.07) is 0. The highest BCUT2D eigenvalue weighted by Crippen LogP contribution is 2.02. The van der Waals surface area contributed by atoms with Crippen LogP contribution in [0, 0.1) is 0 Å². The summed E-state index contributed by atoms with van der Waals surface area (Å²) in [5.74, 6) is 0.790. The second-order valence-electron chi connectivity index (χ2n) is 3.93. The third kappa shape index (κ3) is 7.71. The topological polar surface area (TPSA) is 65.5 Å². The largest absolute Gasteiger partial charge is 0.382 e. The molecule has 0 amide bonds. The molecule has 0 spiro atoms. The van der Waals surface area contributed by atoms with Gasteiger partial charge in [-0.2, -0.15) is 0 Å². The maximum Gasteiger partial charge on any atom is 0.144 e. The van der Waals surface area contributed by atoms with Gasteiger partial charge in [-0.15, -0.1) is 0 Å². The van der Waals surface area contributed by atoms with Crippen molar-refractivity contribution in [2.75, 3.05) is 45.4 Å². The summed E-state index contributed by atoms with van der Waals surface area (Å²) < 4.78 is 15.7. The van der Waals surface area contributed by atoms with Gasteiger partial charge in [-0.25, -0.2) is 4.98 Å². The Bertz CT molecular complexity index is 319. The molecule has 0 aliphatic heterocycles. The van der Waals surface area contributed by atoms with Crippen molar-refractivity contribution in [3.05, 3.63) is 18.1 Å². The Morgan fingerprint density at radius 2 is 1.89 bits per heavy atom. The molecule has 1 N–H and O–H groups in total. The molecule has 6 nitrogen and oxygen atoms in total. The summed E-state index contributed by atoms with van der Waals surface area (Å²) in [6.45, 7) is 5.96. The lowest BCUT2D eigenvalue weighted by atomic mass is 10.4. The quantitative estimate of drug-likeness (QED) is 0.614. The molecular weight excluding hydrogens is 246 g/mol. The summed E-state index contributed by atoms with van der Waals surface area (Å²) in [4.78, 5) is 8.48. The number of aromatic nitrogens is 2. The lowest BCUT2D eigenvalue weighted by Gasteiger charge is -2.06. The van der Waals surface area contributed by atoms with Crippen molar-refractivity contribution in [2.45, 2.75) is 20.0 Å². The van der Waals surface area contributed by atoms with E-state index in [2.05, 4.69) is 15.3 Å². The van der Waals surface area contributed by atoms with Crippen LogP contribution in [0.3, 0.4) is 0 Å². The zero-order valence-corrected chi connectivity index (χ0v) is 11.7. The fourth-order valence-corrected chi connectivity index (χ4v) is 1.39. The zero-order valence-electron chi connectivity index (χ0n) is 11.7. The fourth-order valence-electron chi connectivity index (χ4n) is 1.39. The fraction of sp³-hybridized carbons (Fsp3) is 0.692. The lowest BCUT2D eigenvalue weighted by molar-refractivity contribution is 0.0478. The van der Waals surface area contributed by atoms with Crippen LogP contribution in [-0.2, 0) is 20.8 Å². The van der Waals surface area contributed by atoms with Crippen molar-refractivity contribution >= 4 is 5.82 Å². The molecule has 6 heteroatoms. The zero-order chi connectivity index (χ0) is 13.8. The first-order valence-electron chi connectivity index (χ1n) is 6.56. The first kappa shape index (κ1) is 15.8. The van der Waals surface area contributed by atoms with E-state index in [0.717, 1.165) is 24.5 Å². The standard InChI is InChI=1S/C13H23N3O3/c1-3-14-13-10-15-12(9-16-13)11-19-6-4-5-18-8-7-17-2/h9-10H,3-8,11H2,1-2H3,(H,14,16). The minimum atomic E-state index is 0.484. The number of ether oxygens (including phenoxy) is 3. The van der Waals surface area contributed by atoms with Gasteiger partial charge in [0.1, 0.15) is 5.82 Å². The van der Waals surface area contributed by atoms with Crippen LogP contribution in [0.2, 0.25) is 0 Å². The summed E-state index contributed by atoms with van der Waals surface area (Å²) in [5, 5.41) is 3.09. The molecular formula is C13H23N3O3. The van der Waals surface area contributed by atoms with Crippen molar-refractivity contribution in [3.63, 3.8) is 0 Å². The number of anilines is 1. The van der Waals surface area contributed by atoms with E-state index in [1.807, 2.05) is 6.92 Å². The average molecular weight is 269 g/mol. The Hall–Kier alpha value is -1.24. The average Bonchev–Trinajstić information content (AvgIpc) is 2.44. The second-order valence-corrected chi connectivity index (χ2v) is 3.93. The highest BCUT2D eigenvalue weighted by Gasteiger charge is 1.97. The first-order chi connectivity index (χ1) is 9.36. The van der Waals surface area contributed by atoms with Gasteiger partial charge in [0, 0.05) is 26.9 Å². The van der Waals surface area contributed by atoms with Crippen LogP contribution in [0.4, 0.5) is 5.82 Å². The van der Waals surface area contributed by atoms with Crippen molar-refractivity contribution < 1.29 is 14.2 Å². The van der Waals surface area contributed by atoms with Crippen LogP contribution in [0.5, 0.6) is 0 Å². The van der Waals surface area contributed by atoms with E-state index < -0.39 is 0 Å². The van der Waals surface area contributed by atoms with Gasteiger partial charge < -0.3 is 19.5 Å². The number of nitrogens with one attached hydrogen (secondary N) is 1.